The van der Waals surface area contributed by atoms with Gasteiger partial charge in [-0.2, -0.15) is 4.37 Å². The van der Waals surface area contributed by atoms with Crippen molar-refractivity contribution >= 4 is 21.6 Å². The van der Waals surface area contributed by atoms with Crippen molar-refractivity contribution in [2.24, 2.45) is 0 Å². The van der Waals surface area contributed by atoms with E-state index in [4.69, 9.17) is 0 Å². The minimum absolute atomic E-state index is 1.14. The van der Waals surface area contributed by atoms with E-state index in [1.165, 1.54) is 15.6 Å². The van der Waals surface area contributed by atoms with Gasteiger partial charge in [0.25, 0.3) is 0 Å². The lowest BCUT2D eigenvalue weighted by atomic mass is 10.2. The fourth-order valence-electron chi connectivity index (χ4n) is 1.17. The van der Waals surface area contributed by atoms with Crippen molar-refractivity contribution < 1.29 is 0 Å². The highest BCUT2D eigenvalue weighted by Crippen LogP contribution is 2.22. The van der Waals surface area contributed by atoms with Crippen LogP contribution in [0.4, 0.5) is 0 Å². The van der Waals surface area contributed by atoms with Gasteiger partial charge in [0.2, 0.25) is 0 Å². The third kappa shape index (κ3) is 1.03. The van der Waals surface area contributed by atoms with Crippen molar-refractivity contribution in [2.45, 2.75) is 13.8 Å². The molecule has 1 aromatic heterocycles. The van der Waals surface area contributed by atoms with Crippen molar-refractivity contribution in [1.29, 1.82) is 0 Å². The van der Waals surface area contributed by atoms with Crippen LogP contribution in [0.5, 0.6) is 0 Å². The lowest BCUT2D eigenvalue weighted by molar-refractivity contribution is 1.37. The van der Waals surface area contributed by atoms with Gasteiger partial charge in [0, 0.05) is 5.39 Å². The fraction of sp³-hybridized carbons (Fsp3) is 0.222. The van der Waals surface area contributed by atoms with Gasteiger partial charge in [-0.25, -0.2) is 0 Å². The maximum absolute atomic E-state index is 4.28. The molecule has 0 radical (unpaired) electrons. The van der Waals surface area contributed by atoms with Crippen molar-refractivity contribution in [3.8, 4) is 0 Å². The number of fused-ring (bicyclic) bond motifs is 1. The van der Waals surface area contributed by atoms with Crippen LogP contribution >= 0.6 is 11.5 Å². The summed E-state index contributed by atoms with van der Waals surface area (Å²) in [6.07, 6.45) is 0. The molecule has 1 heterocycles. The molecule has 1 nitrogen and oxygen atoms in total. The predicted octanol–water partition coefficient (Wildman–Crippen LogP) is 2.91. The van der Waals surface area contributed by atoms with Crippen molar-refractivity contribution in [1.82, 2.24) is 4.37 Å². The van der Waals surface area contributed by atoms with E-state index in [0.717, 1.165) is 5.69 Å². The quantitative estimate of drug-likeness (QED) is 0.582. The summed E-state index contributed by atoms with van der Waals surface area (Å²) in [4.78, 5) is 0. The molecule has 0 aliphatic heterocycles. The highest BCUT2D eigenvalue weighted by atomic mass is 32.1. The van der Waals surface area contributed by atoms with E-state index in [1.54, 1.807) is 11.5 Å². The van der Waals surface area contributed by atoms with Gasteiger partial charge in [0.05, 0.1) is 10.4 Å². The molecule has 0 unspecified atom stereocenters. The molecule has 2 rings (SSSR count). The van der Waals surface area contributed by atoms with Crippen LogP contribution in [0.15, 0.2) is 18.2 Å². The molecule has 0 saturated heterocycles. The normalized spacial score (nSPS) is 10.7. The highest BCUT2D eigenvalue weighted by molar-refractivity contribution is 7.13. The minimum atomic E-state index is 1.14. The smallest absolute Gasteiger partial charge is 0.0589 e. The van der Waals surface area contributed by atoms with Crippen LogP contribution in [0.2, 0.25) is 0 Å². The Morgan fingerprint density at radius 2 is 2.09 bits per heavy atom. The van der Waals surface area contributed by atoms with E-state index in [0.29, 0.717) is 0 Å². The topological polar surface area (TPSA) is 12.9 Å². The molecule has 2 aromatic rings. The zero-order chi connectivity index (χ0) is 7.84. The first-order chi connectivity index (χ1) is 5.27. The molecule has 0 saturated carbocycles. The molecule has 0 aliphatic rings. The third-order valence-corrected chi connectivity index (χ3v) is 2.71. The van der Waals surface area contributed by atoms with Gasteiger partial charge in [-0.3, -0.25) is 0 Å². The number of hydrogen-bond donors (Lipinski definition) is 0. The largest absolute Gasteiger partial charge is 0.197 e. The Morgan fingerprint density at radius 3 is 2.91 bits per heavy atom. The fourth-order valence-corrected chi connectivity index (χ4v) is 2.06. The lowest BCUT2D eigenvalue weighted by Gasteiger charge is -1.90. The van der Waals surface area contributed by atoms with Gasteiger partial charge in [-0.15, -0.1) is 0 Å². The Labute approximate surface area is 69.8 Å². The Bertz CT molecular complexity index is 389. The van der Waals surface area contributed by atoms with Crippen LogP contribution in [-0.4, -0.2) is 4.37 Å². The summed E-state index contributed by atoms with van der Waals surface area (Å²) >= 11 is 1.58. The molecule has 0 aliphatic carbocycles. The zero-order valence-electron chi connectivity index (χ0n) is 6.59. The van der Waals surface area contributed by atoms with Gasteiger partial charge >= 0.3 is 0 Å². The Balaban J connectivity index is 2.86. The average Bonchev–Trinajstić information content (AvgIpc) is 2.32. The Hall–Kier alpha value is -0.890. The molecular weight excluding hydrogens is 154 g/mol. The third-order valence-electron chi connectivity index (χ3n) is 1.81. The van der Waals surface area contributed by atoms with E-state index >= 15 is 0 Å². The first-order valence-electron chi connectivity index (χ1n) is 3.60. The van der Waals surface area contributed by atoms with Crippen molar-refractivity contribution in [3.05, 3.63) is 29.5 Å². The molecule has 0 spiro atoms. The first-order valence-corrected chi connectivity index (χ1v) is 4.37. The predicted molar refractivity (Wildman–Crippen MR) is 49.1 cm³/mol. The Morgan fingerprint density at radius 1 is 1.27 bits per heavy atom. The standard InChI is InChI=1S/C9H9NS/c1-6-3-4-8-7(2)10-11-9(8)5-6/h3-5H,1-2H3. The van der Waals surface area contributed by atoms with Crippen LogP contribution < -0.4 is 0 Å². The maximum Gasteiger partial charge on any atom is 0.0589 e. The van der Waals surface area contributed by atoms with Crippen molar-refractivity contribution in [2.75, 3.05) is 0 Å². The average molecular weight is 163 g/mol. The summed E-state index contributed by atoms with van der Waals surface area (Å²) in [6, 6.07) is 6.45. The number of benzene rings is 1. The molecule has 11 heavy (non-hydrogen) atoms. The summed E-state index contributed by atoms with van der Waals surface area (Å²) in [5.74, 6) is 0. The summed E-state index contributed by atoms with van der Waals surface area (Å²) in [6.45, 7) is 4.16. The number of aromatic nitrogens is 1. The van der Waals surface area contributed by atoms with Crippen LogP contribution in [0.3, 0.4) is 0 Å². The number of aryl methyl sites for hydroxylation is 2. The number of hydrogen-bond acceptors (Lipinski definition) is 2. The van der Waals surface area contributed by atoms with E-state index in [1.807, 2.05) is 6.92 Å². The molecule has 2 heteroatoms. The molecule has 0 fully saturated rings. The van der Waals surface area contributed by atoms with E-state index < -0.39 is 0 Å². The molecule has 0 atom stereocenters. The SMILES string of the molecule is Cc1ccc2c(C)nsc2c1. The van der Waals surface area contributed by atoms with Gasteiger partial charge < -0.3 is 0 Å². The van der Waals surface area contributed by atoms with E-state index in [9.17, 15) is 0 Å². The molecular formula is C9H9NS. The number of rotatable bonds is 0. The van der Waals surface area contributed by atoms with Crippen LogP contribution in [0, 0.1) is 13.8 Å². The molecule has 0 bridgehead atoms. The van der Waals surface area contributed by atoms with E-state index in [2.05, 4.69) is 29.5 Å². The molecule has 56 valence electrons. The summed E-state index contributed by atoms with van der Waals surface area (Å²) in [5, 5.41) is 1.29. The summed E-state index contributed by atoms with van der Waals surface area (Å²) in [5.41, 5.74) is 2.45. The van der Waals surface area contributed by atoms with Gasteiger partial charge in [-0.1, -0.05) is 12.1 Å². The second-order valence-corrected chi connectivity index (χ2v) is 3.57. The zero-order valence-corrected chi connectivity index (χ0v) is 7.40. The monoisotopic (exact) mass is 163 g/mol. The minimum Gasteiger partial charge on any atom is -0.197 e. The molecule has 1 aromatic carbocycles. The second kappa shape index (κ2) is 2.31. The second-order valence-electron chi connectivity index (χ2n) is 2.77. The van der Waals surface area contributed by atoms with Gasteiger partial charge in [-0.05, 0) is 37.0 Å². The molecule has 0 amide bonds. The summed E-state index contributed by atoms with van der Waals surface area (Å²) in [7, 11) is 0. The summed E-state index contributed by atoms with van der Waals surface area (Å²) < 4.78 is 5.57. The molecule has 0 N–H and O–H groups in total. The van der Waals surface area contributed by atoms with Crippen LogP contribution in [0.25, 0.3) is 10.1 Å². The van der Waals surface area contributed by atoms with Crippen LogP contribution in [-0.2, 0) is 0 Å². The maximum atomic E-state index is 4.28. The number of nitrogens with zero attached hydrogens (tertiary/aromatic N) is 1. The van der Waals surface area contributed by atoms with Gasteiger partial charge in [0.15, 0.2) is 0 Å². The Kier molecular flexibility index (Phi) is 1.43. The highest BCUT2D eigenvalue weighted by Gasteiger charge is 1.99. The van der Waals surface area contributed by atoms with Gasteiger partial charge in [0.1, 0.15) is 0 Å². The van der Waals surface area contributed by atoms with Crippen molar-refractivity contribution in [3.63, 3.8) is 0 Å². The van der Waals surface area contributed by atoms with E-state index in [-0.39, 0.29) is 0 Å². The van der Waals surface area contributed by atoms with Crippen LogP contribution in [0.1, 0.15) is 11.3 Å². The lowest BCUT2D eigenvalue weighted by Crippen LogP contribution is -1.71. The first kappa shape index (κ1) is 6.80.